The van der Waals surface area contributed by atoms with Crippen LogP contribution in [0.3, 0.4) is 0 Å². The van der Waals surface area contributed by atoms with Crippen molar-refractivity contribution >= 4 is 29.2 Å². The number of rotatable bonds is 3. The zero-order chi connectivity index (χ0) is 20.5. The van der Waals surface area contributed by atoms with Crippen LogP contribution < -0.4 is 11.1 Å². The lowest BCUT2D eigenvalue weighted by Gasteiger charge is -2.30. The number of halogens is 2. The highest BCUT2D eigenvalue weighted by molar-refractivity contribution is 6.36. The van der Waals surface area contributed by atoms with Crippen molar-refractivity contribution in [1.29, 1.82) is 0 Å². The molecule has 0 fully saturated rings. The number of pyridine rings is 1. The predicted molar refractivity (Wildman–Crippen MR) is 107 cm³/mol. The molecule has 148 valence electrons. The van der Waals surface area contributed by atoms with Crippen LogP contribution in [-0.2, 0) is 13.1 Å². The monoisotopic (exact) mass is 413 g/mol. The van der Waals surface area contributed by atoms with Gasteiger partial charge in [-0.15, -0.1) is 0 Å². The van der Waals surface area contributed by atoms with E-state index in [4.69, 9.17) is 17.3 Å². The number of hydrogen-bond acceptors (Lipinski definition) is 3. The van der Waals surface area contributed by atoms with Crippen LogP contribution in [0.25, 0.3) is 11.3 Å². The highest BCUT2D eigenvalue weighted by Crippen LogP contribution is 2.37. The lowest BCUT2D eigenvalue weighted by Crippen LogP contribution is -2.41. The minimum atomic E-state index is -0.665. The molecule has 4 rings (SSSR count). The fourth-order valence-corrected chi connectivity index (χ4v) is 3.92. The number of carbonyl (C=O) groups is 2. The first kappa shape index (κ1) is 18.9. The minimum absolute atomic E-state index is 0.138. The van der Waals surface area contributed by atoms with Crippen molar-refractivity contribution in [2.24, 2.45) is 5.73 Å². The zero-order valence-corrected chi connectivity index (χ0v) is 16.0. The smallest absolute Gasteiger partial charge is 0.322 e. The number of carbonyl (C=O) groups excluding carboxylic acids is 2. The molecule has 2 aromatic heterocycles. The third kappa shape index (κ3) is 3.54. The molecule has 9 heteroatoms. The van der Waals surface area contributed by atoms with Gasteiger partial charge in [0, 0.05) is 36.7 Å². The van der Waals surface area contributed by atoms with Crippen LogP contribution >= 0.6 is 11.6 Å². The summed E-state index contributed by atoms with van der Waals surface area (Å²) in [5.41, 5.74) is 8.07. The standard InChI is InChI=1S/C20H17ClFN5O2/c21-17-16(19(23)28)15-11-26(20(29)25-14-5-1-4-13(22)9-14)7-8-27(15)18(17)12-3-2-6-24-10-12/h1-6,9-10H,7-8,11H2,(H2,23,28)(H,25,29). The number of anilines is 1. The maximum absolute atomic E-state index is 13.4. The number of urea groups is 1. The molecule has 3 amide bonds. The summed E-state index contributed by atoms with van der Waals surface area (Å²) in [5.74, 6) is -1.11. The summed E-state index contributed by atoms with van der Waals surface area (Å²) in [4.78, 5) is 30.4. The van der Waals surface area contributed by atoms with Gasteiger partial charge >= 0.3 is 6.03 Å². The van der Waals surface area contributed by atoms with E-state index in [1.807, 2.05) is 10.6 Å². The van der Waals surface area contributed by atoms with Gasteiger partial charge in [0.1, 0.15) is 5.82 Å². The Labute approximate surface area is 170 Å². The van der Waals surface area contributed by atoms with Gasteiger partial charge in [0.2, 0.25) is 0 Å². The molecular formula is C20H17ClFN5O2. The maximum atomic E-state index is 13.4. The Morgan fingerprint density at radius 2 is 2.03 bits per heavy atom. The molecule has 3 heterocycles. The van der Waals surface area contributed by atoms with E-state index in [0.717, 1.165) is 5.56 Å². The average Bonchev–Trinajstić information content (AvgIpc) is 2.99. The van der Waals surface area contributed by atoms with Crippen LogP contribution in [0.4, 0.5) is 14.9 Å². The van der Waals surface area contributed by atoms with Crippen molar-refractivity contribution in [2.75, 3.05) is 11.9 Å². The van der Waals surface area contributed by atoms with Gasteiger partial charge < -0.3 is 20.5 Å². The normalized spacial score (nSPS) is 13.1. The molecule has 7 nitrogen and oxygen atoms in total. The number of nitrogens with one attached hydrogen (secondary N) is 1. The topological polar surface area (TPSA) is 93.2 Å². The Hall–Kier alpha value is -3.39. The number of nitrogens with zero attached hydrogens (tertiary/aromatic N) is 3. The molecule has 3 aromatic rings. The van der Waals surface area contributed by atoms with Gasteiger partial charge in [-0.1, -0.05) is 17.7 Å². The SMILES string of the molecule is NC(=O)c1c(Cl)c(-c2cccnc2)n2c1CN(C(=O)Nc1cccc(F)c1)CC2. The number of benzene rings is 1. The second-order valence-corrected chi connectivity index (χ2v) is 6.98. The molecule has 1 aliphatic rings. The van der Waals surface area contributed by atoms with Crippen LogP contribution in [0.15, 0.2) is 48.8 Å². The summed E-state index contributed by atoms with van der Waals surface area (Å²) in [5, 5.41) is 2.91. The molecule has 29 heavy (non-hydrogen) atoms. The summed E-state index contributed by atoms with van der Waals surface area (Å²) in [6.07, 6.45) is 3.30. The lowest BCUT2D eigenvalue weighted by atomic mass is 10.1. The summed E-state index contributed by atoms with van der Waals surface area (Å²) < 4.78 is 15.3. The van der Waals surface area contributed by atoms with Crippen molar-refractivity contribution in [1.82, 2.24) is 14.5 Å². The number of fused-ring (bicyclic) bond motifs is 1. The van der Waals surface area contributed by atoms with E-state index < -0.39 is 17.8 Å². The van der Waals surface area contributed by atoms with Crippen LogP contribution in [0, 0.1) is 5.82 Å². The summed E-state index contributed by atoms with van der Waals surface area (Å²) >= 11 is 6.51. The van der Waals surface area contributed by atoms with Crippen molar-refractivity contribution in [3.8, 4) is 11.3 Å². The van der Waals surface area contributed by atoms with E-state index in [9.17, 15) is 14.0 Å². The van der Waals surface area contributed by atoms with Crippen molar-refractivity contribution in [2.45, 2.75) is 13.1 Å². The third-order valence-electron chi connectivity index (χ3n) is 4.79. The molecule has 0 radical (unpaired) electrons. The average molecular weight is 414 g/mol. The van der Waals surface area contributed by atoms with Gasteiger partial charge in [-0.2, -0.15) is 0 Å². The molecule has 3 N–H and O–H groups in total. The number of aromatic nitrogens is 2. The fourth-order valence-electron chi connectivity index (χ4n) is 3.50. The van der Waals surface area contributed by atoms with Gasteiger partial charge in [-0.05, 0) is 30.3 Å². The Kier molecular flexibility index (Phi) is 4.94. The zero-order valence-electron chi connectivity index (χ0n) is 15.2. The third-order valence-corrected chi connectivity index (χ3v) is 5.16. The molecule has 0 saturated heterocycles. The first-order valence-electron chi connectivity index (χ1n) is 8.88. The number of nitrogens with two attached hydrogens (primary N) is 1. The predicted octanol–water partition coefficient (Wildman–Crippen LogP) is 3.49. The quantitative estimate of drug-likeness (QED) is 0.688. The van der Waals surface area contributed by atoms with Crippen LogP contribution in [0.5, 0.6) is 0 Å². The van der Waals surface area contributed by atoms with Crippen molar-refractivity contribution < 1.29 is 14.0 Å². The van der Waals surface area contributed by atoms with E-state index in [2.05, 4.69) is 10.3 Å². The van der Waals surface area contributed by atoms with Crippen LogP contribution in [0.1, 0.15) is 16.1 Å². The van der Waals surface area contributed by atoms with E-state index in [-0.39, 0.29) is 17.1 Å². The molecular weight excluding hydrogens is 397 g/mol. The van der Waals surface area contributed by atoms with E-state index in [1.165, 1.54) is 23.1 Å². The van der Waals surface area contributed by atoms with E-state index >= 15 is 0 Å². The van der Waals surface area contributed by atoms with Crippen LogP contribution in [-0.4, -0.2) is 32.9 Å². The summed E-state index contributed by atoms with van der Waals surface area (Å²) in [7, 11) is 0. The van der Waals surface area contributed by atoms with Gasteiger partial charge in [0.15, 0.2) is 0 Å². The summed E-state index contributed by atoms with van der Waals surface area (Å²) in [6, 6.07) is 8.85. The molecule has 1 aromatic carbocycles. The van der Waals surface area contributed by atoms with Gasteiger partial charge in [0.25, 0.3) is 5.91 Å². The molecule has 0 saturated carbocycles. The summed E-state index contributed by atoms with van der Waals surface area (Å²) in [6.45, 7) is 0.938. The highest BCUT2D eigenvalue weighted by atomic mass is 35.5. The van der Waals surface area contributed by atoms with Gasteiger partial charge in [-0.3, -0.25) is 9.78 Å². The first-order chi connectivity index (χ1) is 14.0. The number of hydrogen-bond donors (Lipinski definition) is 2. The van der Waals surface area contributed by atoms with Crippen molar-refractivity contribution in [3.63, 3.8) is 0 Å². The number of primary amides is 1. The maximum Gasteiger partial charge on any atom is 0.322 e. The molecule has 0 bridgehead atoms. The van der Waals surface area contributed by atoms with Crippen molar-refractivity contribution in [3.05, 3.63) is 70.9 Å². The van der Waals surface area contributed by atoms with Gasteiger partial charge in [0.05, 0.1) is 28.5 Å². The first-order valence-corrected chi connectivity index (χ1v) is 9.26. The number of amides is 3. The Bertz CT molecular complexity index is 1100. The fraction of sp³-hybridized carbons (Fsp3) is 0.150. The molecule has 0 atom stereocenters. The largest absolute Gasteiger partial charge is 0.365 e. The highest BCUT2D eigenvalue weighted by Gasteiger charge is 2.31. The minimum Gasteiger partial charge on any atom is -0.365 e. The Morgan fingerprint density at radius 1 is 1.21 bits per heavy atom. The molecule has 0 unspecified atom stereocenters. The van der Waals surface area contributed by atoms with E-state index in [1.54, 1.807) is 24.5 Å². The van der Waals surface area contributed by atoms with E-state index in [0.29, 0.717) is 30.2 Å². The van der Waals surface area contributed by atoms with Gasteiger partial charge in [-0.25, -0.2) is 9.18 Å². The lowest BCUT2D eigenvalue weighted by molar-refractivity contribution is 0.0997. The Balaban J connectivity index is 1.67. The second kappa shape index (κ2) is 7.56. The Morgan fingerprint density at radius 3 is 2.72 bits per heavy atom. The molecule has 0 aliphatic carbocycles. The molecule has 1 aliphatic heterocycles. The van der Waals surface area contributed by atoms with Crippen LogP contribution in [0.2, 0.25) is 5.02 Å². The second-order valence-electron chi connectivity index (χ2n) is 6.60. The molecule has 0 spiro atoms.